The summed E-state index contributed by atoms with van der Waals surface area (Å²) in [6.07, 6.45) is -3.13. The molecule has 0 aromatic carbocycles. The molecule has 0 aliphatic carbocycles. The molecule has 29 heavy (non-hydrogen) atoms. The molecule has 1 aliphatic rings. The number of pyridine rings is 1. The number of nitrogens with zero attached hydrogens (tertiary/aromatic N) is 3. The predicted molar refractivity (Wildman–Crippen MR) is 97.1 cm³/mol. The van der Waals surface area contributed by atoms with Crippen LogP contribution >= 0.6 is 0 Å². The smallest absolute Gasteiger partial charge is 0.355 e. The molecule has 0 spiro atoms. The number of aromatic nitrogens is 3. The molecule has 2 aromatic rings. The maximum atomic E-state index is 13.6. The highest BCUT2D eigenvalue weighted by atomic mass is 19.4. The van der Waals surface area contributed by atoms with Gasteiger partial charge in [-0.1, -0.05) is 6.58 Å². The molecule has 1 atom stereocenters. The van der Waals surface area contributed by atoms with Crippen molar-refractivity contribution in [3.05, 3.63) is 47.7 Å². The minimum Gasteiger partial charge on any atom is -0.355 e. The molecule has 0 fully saturated rings. The molecular weight excluding hydrogens is 395 g/mol. The number of halogens is 5. The number of amides is 1. The molecule has 0 bridgehead atoms. The SMILES string of the molecule is C=C(CC(C)F)C(=O)NC.Fc1cnc(C(F)(F)F)cc1-c1cc2n(n1)CCC2. The van der Waals surface area contributed by atoms with Gasteiger partial charge in [0.15, 0.2) is 5.82 Å². The highest BCUT2D eigenvalue weighted by molar-refractivity contribution is 5.92. The van der Waals surface area contributed by atoms with Crippen LogP contribution in [0.4, 0.5) is 22.0 Å². The highest BCUT2D eigenvalue weighted by Gasteiger charge is 2.33. The number of nitrogens with one attached hydrogen (secondary N) is 1. The van der Waals surface area contributed by atoms with E-state index in [1.165, 1.54) is 14.0 Å². The minimum absolute atomic E-state index is 0.111. The lowest BCUT2D eigenvalue weighted by atomic mass is 10.1. The summed E-state index contributed by atoms with van der Waals surface area (Å²) in [6.45, 7) is 5.53. The van der Waals surface area contributed by atoms with Crippen LogP contribution in [0.3, 0.4) is 0 Å². The summed E-state index contributed by atoms with van der Waals surface area (Å²) in [5.74, 6) is -1.09. The Morgan fingerprint density at radius 1 is 1.38 bits per heavy atom. The van der Waals surface area contributed by atoms with Gasteiger partial charge in [-0.05, 0) is 31.9 Å². The third-order valence-electron chi connectivity index (χ3n) is 4.16. The van der Waals surface area contributed by atoms with Crippen molar-refractivity contribution in [3.63, 3.8) is 0 Å². The molecule has 2 aromatic heterocycles. The number of aryl methyl sites for hydroxylation is 2. The summed E-state index contributed by atoms with van der Waals surface area (Å²) in [5, 5.41) is 6.49. The molecule has 0 saturated carbocycles. The lowest BCUT2D eigenvalue weighted by Gasteiger charge is -2.07. The van der Waals surface area contributed by atoms with Gasteiger partial charge in [-0.2, -0.15) is 18.3 Å². The van der Waals surface area contributed by atoms with Gasteiger partial charge >= 0.3 is 6.18 Å². The third kappa shape index (κ3) is 5.85. The average Bonchev–Trinajstić information content (AvgIpc) is 3.22. The van der Waals surface area contributed by atoms with Gasteiger partial charge in [-0.15, -0.1) is 0 Å². The quantitative estimate of drug-likeness (QED) is 0.604. The summed E-state index contributed by atoms with van der Waals surface area (Å²) in [6, 6.07) is 2.33. The van der Waals surface area contributed by atoms with Crippen molar-refractivity contribution in [2.75, 3.05) is 7.05 Å². The number of hydrogen-bond donors (Lipinski definition) is 1. The zero-order valence-corrected chi connectivity index (χ0v) is 16.0. The normalized spacial score (nSPS) is 13.9. The summed E-state index contributed by atoms with van der Waals surface area (Å²) < 4.78 is 65.2. The number of carbonyl (C=O) groups is 1. The van der Waals surface area contributed by atoms with Gasteiger partial charge in [-0.3, -0.25) is 9.48 Å². The van der Waals surface area contributed by atoms with Crippen LogP contribution in [-0.4, -0.2) is 33.9 Å². The molecule has 1 amide bonds. The molecule has 1 N–H and O–H groups in total. The van der Waals surface area contributed by atoms with E-state index in [4.69, 9.17) is 0 Å². The fourth-order valence-electron chi connectivity index (χ4n) is 2.79. The Kier molecular flexibility index (Phi) is 7.10. The number of likely N-dealkylation sites (N-methyl/N-ethyl adjacent to an activating group) is 1. The lowest BCUT2D eigenvalue weighted by Crippen LogP contribution is -2.20. The van der Waals surface area contributed by atoms with Crippen LogP contribution in [0.1, 0.15) is 31.2 Å². The van der Waals surface area contributed by atoms with E-state index < -0.39 is 23.9 Å². The van der Waals surface area contributed by atoms with Crippen LogP contribution in [0, 0.1) is 5.82 Å². The van der Waals surface area contributed by atoms with E-state index in [0.717, 1.165) is 18.5 Å². The van der Waals surface area contributed by atoms with Crippen LogP contribution in [-0.2, 0) is 23.9 Å². The van der Waals surface area contributed by atoms with Gasteiger partial charge in [0, 0.05) is 36.8 Å². The molecule has 1 aliphatic heterocycles. The Labute approximate surface area is 164 Å². The topological polar surface area (TPSA) is 59.8 Å². The Balaban J connectivity index is 0.000000257. The molecule has 1 unspecified atom stereocenters. The lowest BCUT2D eigenvalue weighted by molar-refractivity contribution is -0.141. The second-order valence-corrected chi connectivity index (χ2v) is 6.56. The molecule has 10 heteroatoms. The number of carbonyl (C=O) groups excluding carboxylic acids is 1. The molecule has 0 radical (unpaired) electrons. The first-order chi connectivity index (χ1) is 13.5. The Bertz CT molecular complexity index is 868. The molecular formula is C19H21F5N4O. The zero-order chi connectivity index (χ0) is 21.8. The first kappa shape index (κ1) is 22.5. The standard InChI is InChI=1S/C12H9F4N3.C7H12FNO/c13-9-6-17-11(12(14,15)16)5-8(9)10-4-7-2-1-3-19(7)18-10;1-5(4-6(2)8)7(10)9-3/h4-6H,1-3H2;6H,1,4H2,2-3H3,(H,9,10). The van der Waals surface area contributed by atoms with Gasteiger partial charge in [0.05, 0.1) is 11.9 Å². The second kappa shape index (κ2) is 9.15. The summed E-state index contributed by atoms with van der Waals surface area (Å²) in [4.78, 5) is 13.7. The highest BCUT2D eigenvalue weighted by Crippen LogP contribution is 2.32. The van der Waals surface area contributed by atoms with Crippen molar-refractivity contribution in [1.29, 1.82) is 0 Å². The fourth-order valence-corrected chi connectivity index (χ4v) is 2.79. The maximum absolute atomic E-state index is 13.6. The number of rotatable bonds is 4. The van der Waals surface area contributed by atoms with E-state index in [9.17, 15) is 26.7 Å². The van der Waals surface area contributed by atoms with Crippen molar-refractivity contribution >= 4 is 5.91 Å². The Hall–Kier alpha value is -2.78. The van der Waals surface area contributed by atoms with E-state index in [1.54, 1.807) is 10.7 Å². The van der Waals surface area contributed by atoms with Crippen molar-refractivity contribution in [1.82, 2.24) is 20.1 Å². The average molecular weight is 416 g/mol. The predicted octanol–water partition coefficient (Wildman–Crippen LogP) is 4.09. The Morgan fingerprint density at radius 3 is 2.62 bits per heavy atom. The van der Waals surface area contributed by atoms with Gasteiger partial charge in [-0.25, -0.2) is 13.8 Å². The molecule has 3 rings (SSSR count). The van der Waals surface area contributed by atoms with E-state index >= 15 is 0 Å². The van der Waals surface area contributed by atoms with Crippen LogP contribution in [0.5, 0.6) is 0 Å². The molecule has 0 saturated heterocycles. The number of fused-ring (bicyclic) bond motifs is 1. The number of alkyl halides is 4. The monoisotopic (exact) mass is 416 g/mol. The van der Waals surface area contributed by atoms with E-state index in [1.807, 2.05) is 0 Å². The van der Waals surface area contributed by atoms with Crippen LogP contribution in [0.2, 0.25) is 0 Å². The van der Waals surface area contributed by atoms with Crippen molar-refractivity contribution in [2.24, 2.45) is 0 Å². The first-order valence-electron chi connectivity index (χ1n) is 8.86. The first-order valence-corrected chi connectivity index (χ1v) is 8.86. The van der Waals surface area contributed by atoms with Crippen LogP contribution < -0.4 is 5.32 Å². The van der Waals surface area contributed by atoms with Crippen molar-refractivity contribution in [2.45, 2.75) is 45.1 Å². The van der Waals surface area contributed by atoms with Crippen LogP contribution in [0.25, 0.3) is 11.3 Å². The maximum Gasteiger partial charge on any atom is 0.433 e. The van der Waals surface area contributed by atoms with Gasteiger partial charge in [0.1, 0.15) is 11.9 Å². The molecule has 158 valence electrons. The van der Waals surface area contributed by atoms with Crippen molar-refractivity contribution < 1.29 is 26.7 Å². The zero-order valence-electron chi connectivity index (χ0n) is 16.0. The third-order valence-corrected chi connectivity index (χ3v) is 4.16. The fraction of sp³-hybridized carbons (Fsp3) is 0.421. The van der Waals surface area contributed by atoms with Gasteiger partial charge in [0.2, 0.25) is 5.91 Å². The molecule has 3 heterocycles. The summed E-state index contributed by atoms with van der Waals surface area (Å²) in [7, 11) is 1.50. The van der Waals surface area contributed by atoms with Gasteiger partial charge < -0.3 is 5.32 Å². The largest absolute Gasteiger partial charge is 0.433 e. The minimum atomic E-state index is -4.59. The summed E-state index contributed by atoms with van der Waals surface area (Å²) in [5.41, 5.74) is 0.152. The second-order valence-electron chi connectivity index (χ2n) is 6.56. The Morgan fingerprint density at radius 2 is 2.07 bits per heavy atom. The van der Waals surface area contributed by atoms with Crippen molar-refractivity contribution in [3.8, 4) is 11.3 Å². The molecule has 5 nitrogen and oxygen atoms in total. The van der Waals surface area contributed by atoms with Crippen LogP contribution in [0.15, 0.2) is 30.5 Å². The van der Waals surface area contributed by atoms with E-state index in [-0.39, 0.29) is 29.2 Å². The van der Waals surface area contributed by atoms with E-state index in [2.05, 4.69) is 22.0 Å². The number of hydrogen-bond acceptors (Lipinski definition) is 3. The summed E-state index contributed by atoms with van der Waals surface area (Å²) >= 11 is 0. The van der Waals surface area contributed by atoms with Gasteiger partial charge in [0.25, 0.3) is 0 Å². The van der Waals surface area contributed by atoms with E-state index in [0.29, 0.717) is 18.8 Å².